The Morgan fingerprint density at radius 1 is 1.10 bits per heavy atom. The van der Waals surface area contributed by atoms with Crippen molar-refractivity contribution in [3.8, 4) is 0 Å². The van der Waals surface area contributed by atoms with Crippen molar-refractivity contribution in [2.45, 2.75) is 33.1 Å². The highest BCUT2D eigenvalue weighted by molar-refractivity contribution is 5.47. The zero-order chi connectivity index (χ0) is 15.1. The van der Waals surface area contributed by atoms with Gasteiger partial charge >= 0.3 is 0 Å². The summed E-state index contributed by atoms with van der Waals surface area (Å²) in [6.45, 7) is 5.96. The number of hydrogen-bond donors (Lipinski definition) is 2. The molecule has 0 saturated carbocycles. The van der Waals surface area contributed by atoms with Gasteiger partial charge in [0.1, 0.15) is 17.5 Å². The molecule has 0 bridgehead atoms. The van der Waals surface area contributed by atoms with Crippen LogP contribution in [0.3, 0.4) is 0 Å². The molecule has 0 radical (unpaired) electrons. The second-order valence-electron chi connectivity index (χ2n) is 4.96. The predicted octanol–water partition coefficient (Wildman–Crippen LogP) is 2.25. The largest absolute Gasteiger partial charge is 0.370 e. The predicted molar refractivity (Wildman–Crippen MR) is 85.6 cm³/mol. The summed E-state index contributed by atoms with van der Waals surface area (Å²) in [5.41, 5.74) is 1.21. The quantitative estimate of drug-likeness (QED) is 0.780. The van der Waals surface area contributed by atoms with Crippen LogP contribution in [0.4, 0.5) is 11.6 Å². The molecule has 2 aromatic rings. The first-order valence-electron chi connectivity index (χ1n) is 7.55. The lowest BCUT2D eigenvalue weighted by Crippen LogP contribution is -2.12. The van der Waals surface area contributed by atoms with Crippen LogP contribution in [0.5, 0.6) is 0 Å². The van der Waals surface area contributed by atoms with Crippen molar-refractivity contribution in [3.05, 3.63) is 29.8 Å². The van der Waals surface area contributed by atoms with Crippen LogP contribution in [-0.2, 0) is 19.9 Å². The lowest BCUT2D eigenvalue weighted by molar-refractivity contribution is 0.710. The first-order valence-corrected chi connectivity index (χ1v) is 7.55. The number of aromatic nitrogens is 4. The van der Waals surface area contributed by atoms with E-state index in [-0.39, 0.29) is 0 Å². The van der Waals surface area contributed by atoms with Crippen LogP contribution < -0.4 is 10.6 Å². The third-order valence-electron chi connectivity index (χ3n) is 3.25. The maximum atomic E-state index is 4.52. The summed E-state index contributed by atoms with van der Waals surface area (Å²) in [5, 5.41) is 10.9. The van der Waals surface area contributed by atoms with E-state index < -0.39 is 0 Å². The Bertz CT molecular complexity index is 563. The molecule has 0 aliphatic heterocycles. The molecule has 0 aromatic carbocycles. The lowest BCUT2D eigenvalue weighted by atomic mass is 10.3. The first-order chi connectivity index (χ1) is 10.2. The number of hydrogen-bond acceptors (Lipinski definition) is 5. The SMILES string of the molecule is CCCNc1cc(NCCc2ccnn2C)nc(CC)n1. The molecule has 6 nitrogen and oxygen atoms in total. The van der Waals surface area contributed by atoms with E-state index in [1.165, 1.54) is 5.69 Å². The average molecular weight is 288 g/mol. The Hall–Kier alpha value is -2.11. The highest BCUT2D eigenvalue weighted by Crippen LogP contribution is 2.12. The third kappa shape index (κ3) is 4.44. The molecule has 0 aliphatic rings. The minimum atomic E-state index is 0.826. The molecular weight excluding hydrogens is 264 g/mol. The van der Waals surface area contributed by atoms with Crippen LogP contribution in [0.2, 0.25) is 0 Å². The minimum Gasteiger partial charge on any atom is -0.370 e. The summed E-state index contributed by atoms with van der Waals surface area (Å²) >= 11 is 0. The van der Waals surface area contributed by atoms with Gasteiger partial charge in [0.25, 0.3) is 0 Å². The van der Waals surface area contributed by atoms with Gasteiger partial charge in [0.2, 0.25) is 0 Å². The van der Waals surface area contributed by atoms with Crippen LogP contribution in [0.15, 0.2) is 18.3 Å². The highest BCUT2D eigenvalue weighted by Gasteiger charge is 2.04. The Morgan fingerprint density at radius 2 is 1.81 bits per heavy atom. The van der Waals surface area contributed by atoms with Gasteiger partial charge in [-0.1, -0.05) is 13.8 Å². The van der Waals surface area contributed by atoms with Gasteiger partial charge in [0, 0.05) is 50.9 Å². The fraction of sp³-hybridized carbons (Fsp3) is 0.533. The number of aryl methyl sites for hydroxylation is 2. The van der Waals surface area contributed by atoms with E-state index in [0.29, 0.717) is 0 Å². The van der Waals surface area contributed by atoms with E-state index in [4.69, 9.17) is 0 Å². The number of anilines is 2. The van der Waals surface area contributed by atoms with Crippen LogP contribution >= 0.6 is 0 Å². The summed E-state index contributed by atoms with van der Waals surface area (Å²) in [5.74, 6) is 2.63. The highest BCUT2D eigenvalue weighted by atomic mass is 15.3. The summed E-state index contributed by atoms with van der Waals surface area (Å²) < 4.78 is 1.90. The molecule has 2 aromatic heterocycles. The fourth-order valence-electron chi connectivity index (χ4n) is 2.05. The average Bonchev–Trinajstić information content (AvgIpc) is 2.90. The molecule has 2 heterocycles. The standard InChI is InChI=1S/C15H24N6/c1-4-8-16-14-11-15(20-13(5-2)19-14)17-9-6-12-7-10-18-21(12)3/h7,10-11H,4-6,8-9H2,1-3H3,(H2,16,17,19,20). The molecule has 0 atom stereocenters. The van der Waals surface area contributed by atoms with Crippen LogP contribution in [0.1, 0.15) is 31.8 Å². The van der Waals surface area contributed by atoms with E-state index in [1.54, 1.807) is 0 Å². The van der Waals surface area contributed by atoms with Crippen molar-refractivity contribution < 1.29 is 0 Å². The van der Waals surface area contributed by atoms with E-state index in [9.17, 15) is 0 Å². The van der Waals surface area contributed by atoms with Crippen molar-refractivity contribution >= 4 is 11.6 Å². The second kappa shape index (κ2) is 7.61. The molecule has 0 saturated heterocycles. The zero-order valence-electron chi connectivity index (χ0n) is 13.1. The molecular formula is C15H24N6. The molecule has 21 heavy (non-hydrogen) atoms. The summed E-state index contributed by atoms with van der Waals surface area (Å²) in [6, 6.07) is 4.01. The Morgan fingerprint density at radius 3 is 2.38 bits per heavy atom. The summed E-state index contributed by atoms with van der Waals surface area (Å²) in [7, 11) is 1.96. The maximum absolute atomic E-state index is 4.52. The molecule has 0 fully saturated rings. The van der Waals surface area contributed by atoms with Gasteiger partial charge in [-0.2, -0.15) is 5.10 Å². The Balaban J connectivity index is 1.96. The van der Waals surface area contributed by atoms with Crippen LogP contribution in [0.25, 0.3) is 0 Å². The summed E-state index contributed by atoms with van der Waals surface area (Å²) in [6.07, 6.45) is 4.65. The van der Waals surface area contributed by atoms with E-state index >= 15 is 0 Å². The fourth-order valence-corrected chi connectivity index (χ4v) is 2.05. The van der Waals surface area contributed by atoms with Crippen molar-refractivity contribution in [2.75, 3.05) is 23.7 Å². The number of nitrogens with one attached hydrogen (secondary N) is 2. The van der Waals surface area contributed by atoms with Crippen molar-refractivity contribution in [3.63, 3.8) is 0 Å². The van der Waals surface area contributed by atoms with Gasteiger partial charge < -0.3 is 10.6 Å². The number of nitrogens with zero attached hydrogens (tertiary/aromatic N) is 4. The van der Waals surface area contributed by atoms with Crippen molar-refractivity contribution in [1.29, 1.82) is 0 Å². The molecule has 6 heteroatoms. The van der Waals surface area contributed by atoms with Gasteiger partial charge in [-0.25, -0.2) is 9.97 Å². The second-order valence-corrected chi connectivity index (χ2v) is 4.96. The van der Waals surface area contributed by atoms with Gasteiger partial charge in [0.15, 0.2) is 0 Å². The van der Waals surface area contributed by atoms with Crippen LogP contribution in [0, 0.1) is 0 Å². The molecule has 0 amide bonds. The summed E-state index contributed by atoms with van der Waals surface area (Å²) in [4.78, 5) is 9.00. The molecule has 0 spiro atoms. The van der Waals surface area contributed by atoms with Gasteiger partial charge in [0.05, 0.1) is 0 Å². The van der Waals surface area contributed by atoms with Gasteiger partial charge in [-0.15, -0.1) is 0 Å². The normalized spacial score (nSPS) is 10.6. The van der Waals surface area contributed by atoms with E-state index in [1.807, 2.05) is 30.1 Å². The zero-order valence-corrected chi connectivity index (χ0v) is 13.1. The van der Waals surface area contributed by atoms with E-state index in [2.05, 4.69) is 39.5 Å². The Labute approximate surface area is 126 Å². The van der Waals surface area contributed by atoms with Crippen LogP contribution in [-0.4, -0.2) is 32.8 Å². The molecule has 114 valence electrons. The smallest absolute Gasteiger partial charge is 0.132 e. The topological polar surface area (TPSA) is 67.7 Å². The monoisotopic (exact) mass is 288 g/mol. The first kappa shape index (κ1) is 15.3. The molecule has 0 unspecified atom stereocenters. The molecule has 2 rings (SSSR count). The van der Waals surface area contributed by atoms with Gasteiger partial charge in [-0.3, -0.25) is 4.68 Å². The molecule has 2 N–H and O–H groups in total. The lowest BCUT2D eigenvalue weighted by Gasteiger charge is -2.10. The van der Waals surface area contributed by atoms with Crippen molar-refractivity contribution in [2.24, 2.45) is 7.05 Å². The van der Waals surface area contributed by atoms with Crippen molar-refractivity contribution in [1.82, 2.24) is 19.7 Å². The number of rotatable bonds is 8. The Kier molecular flexibility index (Phi) is 5.54. The van der Waals surface area contributed by atoms with Gasteiger partial charge in [-0.05, 0) is 12.5 Å². The van der Waals surface area contributed by atoms with E-state index in [0.717, 1.165) is 49.8 Å². The minimum absolute atomic E-state index is 0.826. The maximum Gasteiger partial charge on any atom is 0.132 e. The third-order valence-corrected chi connectivity index (χ3v) is 3.25. The molecule has 0 aliphatic carbocycles.